The second-order valence-electron chi connectivity index (χ2n) is 5.97. The highest BCUT2D eigenvalue weighted by Gasteiger charge is 2.25. The summed E-state index contributed by atoms with van der Waals surface area (Å²) in [6.07, 6.45) is 0. The van der Waals surface area contributed by atoms with Crippen molar-refractivity contribution in [3.8, 4) is 0 Å². The van der Waals surface area contributed by atoms with E-state index < -0.39 is 0 Å². The molecule has 1 aromatic carbocycles. The minimum absolute atomic E-state index is 0. The Hall–Kier alpha value is -1.68. The molecule has 7 N–H and O–H groups in total. The molecule has 0 amide bonds. The third kappa shape index (κ3) is 4.53. The molecule has 146 valence electrons. The Morgan fingerprint density at radius 1 is 1.04 bits per heavy atom. The first-order valence-corrected chi connectivity index (χ1v) is 8.51. The predicted molar refractivity (Wildman–Crippen MR) is 112 cm³/mol. The third-order valence-electron chi connectivity index (χ3n) is 4.28. The maximum atomic E-state index is 5.01. The SMILES string of the molecule is Cc1cc2c(s1)Nc1ccccc1N=C2N1CCN(C)CC1.Cl.O.O.O. The summed E-state index contributed by atoms with van der Waals surface area (Å²) in [7, 11) is 2.18. The lowest BCUT2D eigenvalue weighted by molar-refractivity contribution is 0.216. The van der Waals surface area contributed by atoms with E-state index in [4.69, 9.17) is 4.99 Å². The Kier molecular flexibility index (Phi) is 9.23. The maximum Gasteiger partial charge on any atom is 0.139 e. The average molecular weight is 403 g/mol. The van der Waals surface area contributed by atoms with Crippen molar-refractivity contribution in [2.45, 2.75) is 6.92 Å². The number of para-hydroxylation sites is 2. The van der Waals surface area contributed by atoms with Crippen molar-refractivity contribution in [1.29, 1.82) is 0 Å². The summed E-state index contributed by atoms with van der Waals surface area (Å²) in [5.74, 6) is 1.12. The number of hydrogen-bond acceptors (Lipinski definition) is 5. The number of piperazine rings is 1. The standard InChI is InChI=1S/C17H20N4S.ClH.3H2O/c1-12-11-13-16(21-9-7-20(2)8-10-21)18-14-5-3-4-6-15(14)19-17(13)22-12;;;;/h3-6,11,19H,7-10H2,1-2H3;1H;3*1H2. The Morgan fingerprint density at radius 2 is 1.69 bits per heavy atom. The van der Waals surface area contributed by atoms with Gasteiger partial charge in [0.25, 0.3) is 0 Å². The van der Waals surface area contributed by atoms with Gasteiger partial charge in [-0.15, -0.1) is 23.7 Å². The summed E-state index contributed by atoms with van der Waals surface area (Å²) < 4.78 is 0. The second-order valence-corrected chi connectivity index (χ2v) is 7.22. The normalized spacial score (nSPS) is 15.3. The van der Waals surface area contributed by atoms with E-state index in [1.165, 1.54) is 15.4 Å². The zero-order valence-electron chi connectivity index (χ0n) is 14.9. The molecule has 3 heterocycles. The molecule has 0 atom stereocenters. The van der Waals surface area contributed by atoms with E-state index in [2.05, 4.69) is 59.4 Å². The van der Waals surface area contributed by atoms with E-state index in [9.17, 15) is 0 Å². The van der Waals surface area contributed by atoms with Crippen molar-refractivity contribution >= 4 is 46.0 Å². The first-order valence-electron chi connectivity index (χ1n) is 7.70. The van der Waals surface area contributed by atoms with E-state index in [0.717, 1.165) is 43.4 Å². The van der Waals surface area contributed by atoms with Crippen molar-refractivity contribution in [2.24, 2.45) is 4.99 Å². The highest BCUT2D eigenvalue weighted by atomic mass is 35.5. The molecule has 4 rings (SSSR count). The topological polar surface area (TPSA) is 125 Å². The molecule has 9 heteroatoms. The van der Waals surface area contributed by atoms with Gasteiger partial charge < -0.3 is 31.5 Å². The number of rotatable bonds is 0. The molecule has 2 aliphatic rings. The fraction of sp³-hybridized carbons (Fsp3) is 0.353. The Labute approximate surface area is 163 Å². The molecule has 0 saturated carbocycles. The van der Waals surface area contributed by atoms with Crippen LogP contribution in [-0.4, -0.2) is 65.3 Å². The van der Waals surface area contributed by atoms with Gasteiger partial charge >= 0.3 is 0 Å². The number of benzene rings is 1. The highest BCUT2D eigenvalue weighted by Crippen LogP contribution is 2.39. The van der Waals surface area contributed by atoms with Crippen LogP contribution in [0.4, 0.5) is 16.4 Å². The van der Waals surface area contributed by atoms with Crippen LogP contribution in [0, 0.1) is 6.92 Å². The molecule has 1 saturated heterocycles. The summed E-state index contributed by atoms with van der Waals surface area (Å²) in [6.45, 7) is 6.41. The molecule has 0 bridgehead atoms. The average Bonchev–Trinajstić information content (AvgIpc) is 2.80. The zero-order valence-corrected chi connectivity index (χ0v) is 16.5. The Morgan fingerprint density at radius 3 is 2.38 bits per heavy atom. The summed E-state index contributed by atoms with van der Waals surface area (Å²) >= 11 is 1.81. The minimum atomic E-state index is 0. The number of thiophene rings is 1. The van der Waals surface area contributed by atoms with Crippen molar-refractivity contribution in [1.82, 2.24) is 9.80 Å². The largest absolute Gasteiger partial charge is 0.412 e. The van der Waals surface area contributed by atoms with Crippen LogP contribution in [0.15, 0.2) is 35.3 Å². The lowest BCUT2D eigenvalue weighted by Gasteiger charge is -2.34. The molecule has 1 fully saturated rings. The van der Waals surface area contributed by atoms with Crippen LogP contribution >= 0.6 is 23.7 Å². The number of anilines is 2. The minimum Gasteiger partial charge on any atom is -0.412 e. The van der Waals surface area contributed by atoms with Crippen molar-refractivity contribution in [3.05, 3.63) is 40.8 Å². The van der Waals surface area contributed by atoms with Gasteiger partial charge in [0.15, 0.2) is 0 Å². The number of nitrogens with zero attached hydrogens (tertiary/aromatic N) is 3. The Bertz CT molecular complexity index is 745. The molecule has 0 radical (unpaired) electrons. The maximum absolute atomic E-state index is 5.01. The van der Waals surface area contributed by atoms with Gasteiger partial charge in [-0.25, -0.2) is 4.99 Å². The van der Waals surface area contributed by atoms with Gasteiger partial charge in [-0.2, -0.15) is 0 Å². The van der Waals surface area contributed by atoms with Gasteiger partial charge in [0.1, 0.15) is 10.8 Å². The van der Waals surface area contributed by atoms with E-state index in [0.29, 0.717) is 0 Å². The van der Waals surface area contributed by atoms with Gasteiger partial charge in [-0.3, -0.25) is 0 Å². The van der Waals surface area contributed by atoms with Gasteiger partial charge in [-0.1, -0.05) is 12.1 Å². The number of aryl methyl sites for hydroxylation is 1. The van der Waals surface area contributed by atoms with Crippen molar-refractivity contribution in [3.63, 3.8) is 0 Å². The molecule has 1 aromatic heterocycles. The number of amidine groups is 1. The molecular formula is C17H27ClN4O3S. The second kappa shape index (κ2) is 9.86. The summed E-state index contributed by atoms with van der Waals surface area (Å²) in [5.41, 5.74) is 3.36. The number of fused-ring (bicyclic) bond motifs is 2. The molecule has 7 nitrogen and oxygen atoms in total. The van der Waals surface area contributed by atoms with E-state index in [-0.39, 0.29) is 28.8 Å². The smallest absolute Gasteiger partial charge is 0.139 e. The molecule has 2 aliphatic heterocycles. The van der Waals surface area contributed by atoms with Crippen LogP contribution in [-0.2, 0) is 0 Å². The predicted octanol–water partition coefficient (Wildman–Crippen LogP) is 1.39. The molecule has 2 aromatic rings. The third-order valence-corrected chi connectivity index (χ3v) is 5.24. The summed E-state index contributed by atoms with van der Waals surface area (Å²) in [5, 5.41) is 4.78. The molecule has 0 spiro atoms. The quantitative estimate of drug-likeness (QED) is 0.715. The molecule has 0 unspecified atom stereocenters. The fourth-order valence-electron chi connectivity index (χ4n) is 3.01. The summed E-state index contributed by atoms with van der Waals surface area (Å²) in [4.78, 5) is 11.1. The van der Waals surface area contributed by atoms with Gasteiger partial charge in [-0.05, 0) is 32.2 Å². The van der Waals surface area contributed by atoms with Crippen LogP contribution in [0.3, 0.4) is 0 Å². The first kappa shape index (κ1) is 24.3. The lowest BCUT2D eigenvalue weighted by atomic mass is 10.2. The van der Waals surface area contributed by atoms with Crippen LogP contribution in [0.25, 0.3) is 0 Å². The molecule has 26 heavy (non-hydrogen) atoms. The molecular weight excluding hydrogens is 376 g/mol. The fourth-order valence-corrected chi connectivity index (χ4v) is 3.93. The van der Waals surface area contributed by atoms with Crippen molar-refractivity contribution in [2.75, 3.05) is 38.5 Å². The number of nitrogens with one attached hydrogen (secondary N) is 1. The Balaban J connectivity index is 0.00000156. The van der Waals surface area contributed by atoms with E-state index in [1.807, 2.05) is 0 Å². The van der Waals surface area contributed by atoms with E-state index >= 15 is 0 Å². The van der Waals surface area contributed by atoms with Gasteiger partial charge in [0.2, 0.25) is 0 Å². The zero-order chi connectivity index (χ0) is 15.1. The van der Waals surface area contributed by atoms with Crippen LogP contribution in [0.5, 0.6) is 0 Å². The molecule has 0 aliphatic carbocycles. The van der Waals surface area contributed by atoms with Crippen LogP contribution < -0.4 is 5.32 Å². The number of hydrogen-bond donors (Lipinski definition) is 1. The summed E-state index contributed by atoms with van der Waals surface area (Å²) in [6, 6.07) is 10.6. The first-order chi connectivity index (χ1) is 10.7. The number of likely N-dealkylation sites (N-methyl/N-ethyl adjacent to an activating group) is 1. The van der Waals surface area contributed by atoms with Gasteiger partial charge in [0.05, 0.1) is 16.9 Å². The monoisotopic (exact) mass is 402 g/mol. The lowest BCUT2D eigenvalue weighted by Crippen LogP contribution is -2.47. The number of halogens is 1. The van der Waals surface area contributed by atoms with Gasteiger partial charge in [0, 0.05) is 31.1 Å². The van der Waals surface area contributed by atoms with Crippen LogP contribution in [0.2, 0.25) is 0 Å². The van der Waals surface area contributed by atoms with E-state index in [1.54, 1.807) is 11.3 Å². The van der Waals surface area contributed by atoms with Crippen molar-refractivity contribution < 1.29 is 16.4 Å². The highest BCUT2D eigenvalue weighted by molar-refractivity contribution is 7.16. The number of aliphatic imine (C=N–C) groups is 1. The van der Waals surface area contributed by atoms with Crippen LogP contribution in [0.1, 0.15) is 10.4 Å².